The molecule has 0 aromatic heterocycles. The molecule has 132 valence electrons. The molecule has 0 aliphatic heterocycles. The molecule has 0 bridgehead atoms. The molecule has 0 heteroatoms. The van der Waals surface area contributed by atoms with Crippen LogP contribution in [0.2, 0.25) is 0 Å². The van der Waals surface area contributed by atoms with Crippen molar-refractivity contribution in [2.24, 2.45) is 29.1 Å². The van der Waals surface area contributed by atoms with Crippen molar-refractivity contribution in [1.82, 2.24) is 0 Å². The Bertz CT molecular complexity index is 192. The third-order valence-corrected chi connectivity index (χ3v) is 5.29. The standard InChI is InChI=1S/C15H30.3C2H6/c1-7-8-11(2)14-9-10-15(5,6)13(4)12(14)3;3*1-2/h11-14H,7-10H2,1-6H3;3*1-2H3. The van der Waals surface area contributed by atoms with Crippen LogP contribution in [0.15, 0.2) is 0 Å². The van der Waals surface area contributed by atoms with Gasteiger partial charge in [0.15, 0.2) is 0 Å². The van der Waals surface area contributed by atoms with Crippen molar-refractivity contribution >= 4 is 0 Å². The SMILES string of the molecule is CC.CC.CC.CCCC(C)C1CCC(C)(C)C(C)C1C. The Hall–Kier alpha value is 0. The summed E-state index contributed by atoms with van der Waals surface area (Å²) in [5.74, 6) is 3.71. The summed E-state index contributed by atoms with van der Waals surface area (Å²) in [6.45, 7) is 26.6. The molecule has 4 unspecified atom stereocenters. The van der Waals surface area contributed by atoms with E-state index in [9.17, 15) is 0 Å². The van der Waals surface area contributed by atoms with Crippen LogP contribution in [0.5, 0.6) is 0 Å². The maximum atomic E-state index is 2.49. The third kappa shape index (κ3) is 8.89. The molecule has 1 aliphatic rings. The predicted octanol–water partition coefficient (Wildman–Crippen LogP) is 8.21. The fraction of sp³-hybridized carbons (Fsp3) is 1.00. The highest BCUT2D eigenvalue weighted by atomic mass is 14.4. The summed E-state index contributed by atoms with van der Waals surface area (Å²) in [4.78, 5) is 0. The summed E-state index contributed by atoms with van der Waals surface area (Å²) in [5, 5.41) is 0. The van der Waals surface area contributed by atoms with Gasteiger partial charge < -0.3 is 0 Å². The van der Waals surface area contributed by atoms with Gasteiger partial charge in [-0.15, -0.1) is 0 Å². The van der Waals surface area contributed by atoms with Crippen LogP contribution in [0.25, 0.3) is 0 Å². The van der Waals surface area contributed by atoms with E-state index >= 15 is 0 Å². The van der Waals surface area contributed by atoms with Crippen LogP contribution in [-0.2, 0) is 0 Å². The van der Waals surface area contributed by atoms with Gasteiger partial charge >= 0.3 is 0 Å². The summed E-state index contributed by atoms with van der Waals surface area (Å²) in [6.07, 6.45) is 5.65. The van der Waals surface area contributed by atoms with E-state index in [2.05, 4.69) is 41.5 Å². The number of hydrogen-bond acceptors (Lipinski definition) is 0. The van der Waals surface area contributed by atoms with Gasteiger partial charge in [-0.05, 0) is 41.9 Å². The molecule has 0 radical (unpaired) electrons. The summed E-state index contributed by atoms with van der Waals surface area (Å²) in [6, 6.07) is 0. The molecule has 0 aromatic rings. The minimum atomic E-state index is 0.571. The van der Waals surface area contributed by atoms with E-state index in [4.69, 9.17) is 0 Å². The van der Waals surface area contributed by atoms with Crippen molar-refractivity contribution in [3.05, 3.63) is 0 Å². The van der Waals surface area contributed by atoms with Gasteiger partial charge in [-0.2, -0.15) is 0 Å². The fourth-order valence-corrected chi connectivity index (χ4v) is 3.58. The monoisotopic (exact) mass is 300 g/mol. The van der Waals surface area contributed by atoms with E-state index in [1.54, 1.807) is 0 Å². The van der Waals surface area contributed by atoms with E-state index in [1.807, 2.05) is 41.5 Å². The molecular weight excluding hydrogens is 252 g/mol. The van der Waals surface area contributed by atoms with Gasteiger partial charge in [-0.1, -0.05) is 95.9 Å². The lowest BCUT2D eigenvalue weighted by Crippen LogP contribution is -2.39. The molecular formula is C21H48. The molecule has 0 saturated heterocycles. The Kier molecular flexibility index (Phi) is 18.4. The van der Waals surface area contributed by atoms with Gasteiger partial charge in [0.25, 0.3) is 0 Å². The molecule has 0 spiro atoms. The first kappa shape index (κ1) is 25.9. The first-order chi connectivity index (χ1) is 9.90. The van der Waals surface area contributed by atoms with Crippen molar-refractivity contribution in [2.75, 3.05) is 0 Å². The van der Waals surface area contributed by atoms with Gasteiger partial charge in [0.1, 0.15) is 0 Å². The van der Waals surface area contributed by atoms with E-state index in [1.165, 1.54) is 25.7 Å². The molecule has 0 nitrogen and oxygen atoms in total. The lowest BCUT2D eigenvalue weighted by Gasteiger charge is -2.47. The maximum absolute atomic E-state index is 2.49. The molecule has 1 saturated carbocycles. The van der Waals surface area contributed by atoms with Crippen molar-refractivity contribution in [3.8, 4) is 0 Å². The zero-order chi connectivity index (χ0) is 17.6. The molecule has 1 rings (SSSR count). The van der Waals surface area contributed by atoms with Gasteiger partial charge in [0.05, 0.1) is 0 Å². The normalized spacial score (nSPS) is 27.7. The van der Waals surface area contributed by atoms with Crippen LogP contribution < -0.4 is 0 Å². The molecule has 0 amide bonds. The van der Waals surface area contributed by atoms with Crippen LogP contribution >= 0.6 is 0 Å². The topological polar surface area (TPSA) is 0 Å². The van der Waals surface area contributed by atoms with Gasteiger partial charge in [-0.3, -0.25) is 0 Å². The number of hydrogen-bond donors (Lipinski definition) is 0. The van der Waals surface area contributed by atoms with Crippen molar-refractivity contribution < 1.29 is 0 Å². The largest absolute Gasteiger partial charge is 0.0683 e. The lowest BCUT2D eigenvalue weighted by atomic mass is 9.58. The molecule has 0 N–H and O–H groups in total. The summed E-state index contributed by atoms with van der Waals surface area (Å²) in [5.41, 5.74) is 0.571. The highest BCUT2D eigenvalue weighted by Crippen LogP contribution is 2.48. The molecule has 0 heterocycles. The zero-order valence-corrected chi connectivity index (χ0v) is 17.6. The third-order valence-electron chi connectivity index (χ3n) is 5.29. The quantitative estimate of drug-likeness (QED) is 0.492. The van der Waals surface area contributed by atoms with Crippen LogP contribution in [0, 0.1) is 29.1 Å². The molecule has 1 aliphatic carbocycles. The van der Waals surface area contributed by atoms with Crippen LogP contribution in [0.1, 0.15) is 109 Å². The molecule has 4 atom stereocenters. The first-order valence-electron chi connectivity index (χ1n) is 9.90. The Labute approximate surface area is 138 Å². The van der Waals surface area contributed by atoms with Crippen molar-refractivity contribution in [1.29, 1.82) is 0 Å². The Morgan fingerprint density at radius 3 is 1.76 bits per heavy atom. The van der Waals surface area contributed by atoms with Crippen LogP contribution in [0.3, 0.4) is 0 Å². The second-order valence-electron chi connectivity index (χ2n) is 6.60. The zero-order valence-electron chi connectivity index (χ0n) is 17.6. The second-order valence-corrected chi connectivity index (χ2v) is 6.60. The van der Waals surface area contributed by atoms with Gasteiger partial charge in [0, 0.05) is 0 Å². The van der Waals surface area contributed by atoms with Gasteiger partial charge in [-0.25, -0.2) is 0 Å². The Morgan fingerprint density at radius 2 is 1.38 bits per heavy atom. The van der Waals surface area contributed by atoms with E-state index in [0.29, 0.717) is 5.41 Å². The maximum Gasteiger partial charge on any atom is -0.0326 e. The lowest BCUT2D eigenvalue weighted by molar-refractivity contribution is 0.0249. The highest BCUT2D eigenvalue weighted by molar-refractivity contribution is 4.89. The van der Waals surface area contributed by atoms with Crippen LogP contribution in [0.4, 0.5) is 0 Å². The number of rotatable bonds is 3. The van der Waals surface area contributed by atoms with Gasteiger partial charge in [0.2, 0.25) is 0 Å². The second kappa shape index (κ2) is 14.9. The Morgan fingerprint density at radius 1 is 0.952 bits per heavy atom. The average molecular weight is 301 g/mol. The fourth-order valence-electron chi connectivity index (χ4n) is 3.58. The van der Waals surface area contributed by atoms with E-state index in [-0.39, 0.29) is 0 Å². The summed E-state index contributed by atoms with van der Waals surface area (Å²) in [7, 11) is 0. The molecule has 21 heavy (non-hydrogen) atoms. The van der Waals surface area contributed by atoms with E-state index in [0.717, 1.165) is 23.7 Å². The summed E-state index contributed by atoms with van der Waals surface area (Å²) < 4.78 is 0. The molecule has 1 fully saturated rings. The van der Waals surface area contributed by atoms with Crippen molar-refractivity contribution in [2.45, 2.75) is 109 Å². The van der Waals surface area contributed by atoms with E-state index < -0.39 is 0 Å². The first-order valence-corrected chi connectivity index (χ1v) is 9.90. The minimum absolute atomic E-state index is 0.571. The minimum Gasteiger partial charge on any atom is -0.0683 e. The predicted molar refractivity (Wildman–Crippen MR) is 103 cm³/mol. The average Bonchev–Trinajstić information content (AvgIpc) is 2.51. The smallest absolute Gasteiger partial charge is 0.0326 e. The Balaban J connectivity index is -0.000000478. The van der Waals surface area contributed by atoms with Crippen LogP contribution in [-0.4, -0.2) is 0 Å². The molecule has 0 aromatic carbocycles. The highest BCUT2D eigenvalue weighted by Gasteiger charge is 2.40. The van der Waals surface area contributed by atoms with Crippen molar-refractivity contribution in [3.63, 3.8) is 0 Å². The summed E-state index contributed by atoms with van der Waals surface area (Å²) >= 11 is 0.